The summed E-state index contributed by atoms with van der Waals surface area (Å²) in [5, 5.41) is 0.353. The molecule has 0 amide bonds. The fourth-order valence-electron chi connectivity index (χ4n) is 3.25. The molecule has 25 heavy (non-hydrogen) atoms. The lowest BCUT2D eigenvalue weighted by atomic mass is 9.90. The van der Waals surface area contributed by atoms with Crippen molar-refractivity contribution in [1.29, 1.82) is 0 Å². The van der Waals surface area contributed by atoms with E-state index >= 15 is 0 Å². The average Bonchev–Trinajstić information content (AvgIpc) is 2.61. The summed E-state index contributed by atoms with van der Waals surface area (Å²) in [7, 11) is 3.30. The first-order chi connectivity index (χ1) is 12.0. The molecule has 8 heteroatoms. The van der Waals surface area contributed by atoms with E-state index in [1.807, 2.05) is 18.2 Å². The van der Waals surface area contributed by atoms with E-state index in [0.717, 1.165) is 48.7 Å². The molecule has 1 aromatic carbocycles. The number of anilines is 3. The lowest BCUT2D eigenvalue weighted by Gasteiger charge is -2.34. The van der Waals surface area contributed by atoms with Crippen molar-refractivity contribution in [3.05, 3.63) is 28.9 Å². The Hall–Kier alpha value is -2.41. The van der Waals surface area contributed by atoms with E-state index in [0.29, 0.717) is 11.0 Å². The van der Waals surface area contributed by atoms with Crippen LogP contribution in [0.1, 0.15) is 24.3 Å². The molecule has 0 bridgehead atoms. The molecular weight excluding hydrogens is 342 g/mol. The summed E-state index contributed by atoms with van der Waals surface area (Å²) in [6.45, 7) is 1.72. The molecule has 0 saturated carbocycles. The van der Waals surface area contributed by atoms with Gasteiger partial charge in [-0.25, -0.2) is 4.98 Å². The zero-order valence-corrected chi connectivity index (χ0v) is 15.1. The minimum absolute atomic E-state index is 0.104. The van der Waals surface area contributed by atoms with E-state index in [2.05, 4.69) is 14.9 Å². The van der Waals surface area contributed by atoms with Gasteiger partial charge in [-0.3, -0.25) is 0 Å². The molecule has 1 saturated heterocycles. The van der Waals surface area contributed by atoms with Crippen molar-refractivity contribution < 1.29 is 9.47 Å². The van der Waals surface area contributed by atoms with Crippen LogP contribution in [-0.4, -0.2) is 37.3 Å². The lowest BCUT2D eigenvalue weighted by molar-refractivity contribution is 0.394. The van der Waals surface area contributed by atoms with Gasteiger partial charge >= 0.3 is 0 Å². The summed E-state index contributed by atoms with van der Waals surface area (Å²) >= 11 is 6.24. The van der Waals surface area contributed by atoms with E-state index in [9.17, 15) is 0 Å². The molecule has 0 atom stereocenters. The normalized spacial score (nSPS) is 15.2. The fraction of sp³-hybridized carbons (Fsp3) is 0.412. The van der Waals surface area contributed by atoms with Crippen LogP contribution in [0.4, 0.5) is 17.5 Å². The van der Waals surface area contributed by atoms with Gasteiger partial charge in [-0.15, -0.1) is 0 Å². The third-order valence-electron chi connectivity index (χ3n) is 4.55. The number of nitrogens with two attached hydrogens (primary N) is 2. The molecule has 7 nitrogen and oxygen atoms in total. The quantitative estimate of drug-likeness (QED) is 0.805. The van der Waals surface area contributed by atoms with Crippen LogP contribution in [0, 0.1) is 0 Å². The van der Waals surface area contributed by atoms with Crippen molar-refractivity contribution in [3.63, 3.8) is 0 Å². The van der Waals surface area contributed by atoms with Crippen LogP contribution in [0.25, 0.3) is 0 Å². The standard InChI is InChI=1S/C17H22ClN5O2/c1-24-12-7-11(8-13(9-12)25-2)23-5-3-10(4-6-23)14-15(18)21-17(20)22-16(14)19/h7-10H,3-6H2,1-2H3,(H4,19,20,21,22). The molecule has 1 aliphatic heterocycles. The van der Waals surface area contributed by atoms with Crippen LogP contribution in [0.15, 0.2) is 18.2 Å². The van der Waals surface area contributed by atoms with Gasteiger partial charge in [0.2, 0.25) is 5.95 Å². The molecule has 0 aliphatic carbocycles. The third-order valence-corrected chi connectivity index (χ3v) is 4.84. The van der Waals surface area contributed by atoms with Gasteiger partial charge in [0.1, 0.15) is 22.5 Å². The van der Waals surface area contributed by atoms with Gasteiger partial charge in [0.05, 0.1) is 14.2 Å². The number of hydrogen-bond acceptors (Lipinski definition) is 7. The maximum atomic E-state index is 6.24. The number of ether oxygens (including phenoxy) is 2. The maximum absolute atomic E-state index is 6.24. The first-order valence-electron chi connectivity index (χ1n) is 8.08. The van der Waals surface area contributed by atoms with Crippen LogP contribution in [0.3, 0.4) is 0 Å². The van der Waals surface area contributed by atoms with E-state index in [1.165, 1.54) is 0 Å². The number of benzene rings is 1. The van der Waals surface area contributed by atoms with E-state index in [-0.39, 0.29) is 11.9 Å². The molecule has 2 heterocycles. The van der Waals surface area contributed by atoms with E-state index in [1.54, 1.807) is 14.2 Å². The molecular formula is C17H22ClN5O2. The van der Waals surface area contributed by atoms with Crippen molar-refractivity contribution in [3.8, 4) is 11.5 Å². The number of hydrogen-bond donors (Lipinski definition) is 2. The average molecular weight is 364 g/mol. The van der Waals surface area contributed by atoms with Crippen molar-refractivity contribution in [2.75, 3.05) is 43.7 Å². The largest absolute Gasteiger partial charge is 0.497 e. The molecule has 2 aromatic rings. The maximum Gasteiger partial charge on any atom is 0.223 e. The van der Waals surface area contributed by atoms with Gasteiger partial charge in [0, 0.05) is 42.5 Å². The topological polar surface area (TPSA) is 99.5 Å². The molecule has 4 N–H and O–H groups in total. The summed E-state index contributed by atoms with van der Waals surface area (Å²) < 4.78 is 10.7. The molecule has 3 rings (SSSR count). The van der Waals surface area contributed by atoms with E-state index < -0.39 is 0 Å². The van der Waals surface area contributed by atoms with Crippen molar-refractivity contribution in [2.45, 2.75) is 18.8 Å². The molecule has 1 aliphatic rings. The second kappa shape index (κ2) is 7.23. The summed E-state index contributed by atoms with van der Waals surface area (Å²) in [6, 6.07) is 5.88. The minimum Gasteiger partial charge on any atom is -0.497 e. The molecule has 134 valence electrons. The summed E-state index contributed by atoms with van der Waals surface area (Å²) in [5.41, 5.74) is 13.5. The Morgan fingerprint density at radius 1 is 1.04 bits per heavy atom. The number of rotatable bonds is 4. The van der Waals surface area contributed by atoms with Gasteiger partial charge in [-0.05, 0) is 18.8 Å². The van der Waals surface area contributed by atoms with Gasteiger partial charge in [0.15, 0.2) is 0 Å². The highest BCUT2D eigenvalue weighted by atomic mass is 35.5. The Kier molecular flexibility index (Phi) is 5.03. The van der Waals surface area contributed by atoms with Crippen LogP contribution < -0.4 is 25.8 Å². The fourth-order valence-corrected chi connectivity index (χ4v) is 3.59. The van der Waals surface area contributed by atoms with Crippen LogP contribution in [0.2, 0.25) is 5.15 Å². The smallest absolute Gasteiger partial charge is 0.223 e. The number of nitrogen functional groups attached to an aromatic ring is 2. The lowest BCUT2D eigenvalue weighted by Crippen LogP contribution is -2.33. The Morgan fingerprint density at radius 3 is 2.16 bits per heavy atom. The molecule has 0 unspecified atom stereocenters. The predicted molar refractivity (Wildman–Crippen MR) is 99.6 cm³/mol. The predicted octanol–water partition coefficient (Wildman–Crippen LogP) is 2.70. The Labute approximate surface area is 151 Å². The second-order valence-corrected chi connectivity index (χ2v) is 6.36. The van der Waals surface area contributed by atoms with E-state index in [4.69, 9.17) is 32.5 Å². The number of methoxy groups -OCH3 is 2. The molecule has 0 spiro atoms. The van der Waals surface area contributed by atoms with Crippen LogP contribution in [-0.2, 0) is 0 Å². The van der Waals surface area contributed by atoms with Gasteiger partial charge in [0.25, 0.3) is 0 Å². The Bertz CT molecular complexity index is 717. The zero-order valence-electron chi connectivity index (χ0n) is 14.3. The Balaban J connectivity index is 1.76. The molecule has 1 fully saturated rings. The highest BCUT2D eigenvalue weighted by molar-refractivity contribution is 6.30. The Morgan fingerprint density at radius 2 is 1.64 bits per heavy atom. The van der Waals surface area contributed by atoms with Crippen molar-refractivity contribution in [1.82, 2.24) is 9.97 Å². The minimum atomic E-state index is 0.104. The second-order valence-electron chi connectivity index (χ2n) is 6.00. The van der Waals surface area contributed by atoms with Crippen LogP contribution >= 0.6 is 11.6 Å². The number of piperidine rings is 1. The number of nitrogens with zero attached hydrogens (tertiary/aromatic N) is 3. The van der Waals surface area contributed by atoms with Gasteiger partial charge in [-0.1, -0.05) is 11.6 Å². The molecule has 0 radical (unpaired) electrons. The van der Waals surface area contributed by atoms with Gasteiger partial charge < -0.3 is 25.8 Å². The van der Waals surface area contributed by atoms with Gasteiger partial charge in [-0.2, -0.15) is 4.98 Å². The van der Waals surface area contributed by atoms with Crippen LogP contribution in [0.5, 0.6) is 11.5 Å². The first-order valence-corrected chi connectivity index (χ1v) is 8.46. The third kappa shape index (κ3) is 3.66. The zero-order chi connectivity index (χ0) is 18.0. The highest BCUT2D eigenvalue weighted by Gasteiger charge is 2.26. The SMILES string of the molecule is COc1cc(OC)cc(N2CCC(c3c(N)nc(N)nc3Cl)CC2)c1. The molecule has 1 aromatic heterocycles. The summed E-state index contributed by atoms with van der Waals surface area (Å²) in [6.07, 6.45) is 1.80. The monoisotopic (exact) mass is 363 g/mol. The van der Waals surface area contributed by atoms with Crippen molar-refractivity contribution in [2.24, 2.45) is 0 Å². The number of halogens is 1. The number of aromatic nitrogens is 2. The summed E-state index contributed by atoms with van der Waals surface area (Å²) in [4.78, 5) is 10.4. The highest BCUT2D eigenvalue weighted by Crippen LogP contribution is 2.37. The van der Waals surface area contributed by atoms with Crippen molar-refractivity contribution >= 4 is 29.1 Å². The first kappa shape index (κ1) is 17.4. The summed E-state index contributed by atoms with van der Waals surface area (Å²) in [5.74, 6) is 2.24.